The highest BCUT2D eigenvalue weighted by atomic mass is 16.5. The second-order valence-electron chi connectivity index (χ2n) is 7.01. The Morgan fingerprint density at radius 1 is 1.14 bits per heavy atom. The number of hydrogen-bond donors (Lipinski definition) is 1. The van der Waals surface area contributed by atoms with Gasteiger partial charge in [0.15, 0.2) is 5.82 Å². The van der Waals surface area contributed by atoms with E-state index in [9.17, 15) is 14.4 Å². The fraction of sp³-hybridized carbons (Fsp3) is 0.350. The van der Waals surface area contributed by atoms with E-state index in [1.54, 1.807) is 4.90 Å². The van der Waals surface area contributed by atoms with Crippen LogP contribution in [0.25, 0.3) is 11.5 Å². The fourth-order valence-electron chi connectivity index (χ4n) is 3.55. The van der Waals surface area contributed by atoms with Crippen molar-refractivity contribution in [1.29, 1.82) is 0 Å². The van der Waals surface area contributed by atoms with Gasteiger partial charge in [-0.2, -0.15) is 4.98 Å². The molecular formula is C20H21N5O4. The number of nitrogens with zero attached hydrogens (tertiary/aromatic N) is 4. The molecule has 1 aliphatic heterocycles. The average molecular weight is 395 g/mol. The van der Waals surface area contributed by atoms with Crippen LogP contribution in [-0.2, 0) is 11.3 Å². The molecule has 1 amide bonds. The van der Waals surface area contributed by atoms with E-state index in [1.165, 1.54) is 16.8 Å². The Labute approximate surface area is 166 Å². The van der Waals surface area contributed by atoms with Crippen LogP contribution >= 0.6 is 0 Å². The van der Waals surface area contributed by atoms with Gasteiger partial charge in [-0.15, -0.1) is 0 Å². The lowest BCUT2D eigenvalue weighted by atomic mass is 10.1. The normalized spacial score (nSPS) is 17.1. The molecule has 2 aromatic heterocycles. The Morgan fingerprint density at radius 2 is 1.97 bits per heavy atom. The van der Waals surface area contributed by atoms with Crippen molar-refractivity contribution in [3.63, 3.8) is 0 Å². The van der Waals surface area contributed by atoms with Gasteiger partial charge in [-0.3, -0.25) is 19.1 Å². The Morgan fingerprint density at radius 3 is 2.76 bits per heavy atom. The molecule has 4 rings (SSSR count). The molecule has 0 spiro atoms. The number of carbonyl (C=O) groups is 1. The molecule has 1 aromatic carbocycles. The highest BCUT2D eigenvalue weighted by Crippen LogP contribution is 2.30. The molecule has 1 fully saturated rings. The highest BCUT2D eigenvalue weighted by Gasteiger charge is 2.30. The first-order chi connectivity index (χ1) is 14.1. The number of hydrogen-bond acceptors (Lipinski definition) is 6. The number of aromatic amines is 1. The van der Waals surface area contributed by atoms with Gasteiger partial charge in [0.1, 0.15) is 6.54 Å². The van der Waals surface area contributed by atoms with Crippen LogP contribution < -0.4 is 11.2 Å². The van der Waals surface area contributed by atoms with Crippen LogP contribution in [0.2, 0.25) is 0 Å². The molecule has 0 bridgehead atoms. The van der Waals surface area contributed by atoms with Gasteiger partial charge in [0.25, 0.3) is 11.4 Å². The lowest BCUT2D eigenvalue weighted by Gasteiger charge is -2.28. The van der Waals surface area contributed by atoms with Crippen molar-refractivity contribution in [2.45, 2.75) is 38.3 Å². The molecule has 150 valence electrons. The third-order valence-electron chi connectivity index (χ3n) is 5.04. The first-order valence-corrected chi connectivity index (χ1v) is 9.60. The summed E-state index contributed by atoms with van der Waals surface area (Å²) in [5, 5.41) is 4.13. The van der Waals surface area contributed by atoms with E-state index in [2.05, 4.69) is 15.1 Å². The van der Waals surface area contributed by atoms with E-state index in [1.807, 2.05) is 30.3 Å². The Balaban J connectivity index is 1.59. The highest BCUT2D eigenvalue weighted by molar-refractivity contribution is 5.76. The van der Waals surface area contributed by atoms with Crippen molar-refractivity contribution in [2.24, 2.45) is 0 Å². The molecule has 1 atom stereocenters. The molecule has 1 N–H and O–H groups in total. The maximum absolute atomic E-state index is 13.0. The Hall–Kier alpha value is -3.49. The van der Waals surface area contributed by atoms with E-state index in [-0.39, 0.29) is 18.5 Å². The summed E-state index contributed by atoms with van der Waals surface area (Å²) in [5.74, 6) is 0.652. The summed E-state index contributed by atoms with van der Waals surface area (Å²) in [4.78, 5) is 44.6. The number of amides is 1. The van der Waals surface area contributed by atoms with Gasteiger partial charge in [-0.1, -0.05) is 36.2 Å². The van der Waals surface area contributed by atoms with Crippen LogP contribution in [0.1, 0.15) is 37.5 Å². The van der Waals surface area contributed by atoms with E-state index < -0.39 is 11.2 Å². The van der Waals surface area contributed by atoms with Crippen molar-refractivity contribution in [3.8, 4) is 11.5 Å². The predicted molar refractivity (Wildman–Crippen MR) is 104 cm³/mol. The minimum absolute atomic E-state index is 0.157. The molecule has 0 unspecified atom stereocenters. The predicted octanol–water partition coefficient (Wildman–Crippen LogP) is 1.73. The lowest BCUT2D eigenvalue weighted by molar-refractivity contribution is -0.134. The van der Waals surface area contributed by atoms with Crippen molar-refractivity contribution in [3.05, 3.63) is 69.3 Å². The van der Waals surface area contributed by atoms with Gasteiger partial charge in [0.05, 0.1) is 6.04 Å². The standard InChI is InChI=1S/C20H21N5O4/c26-16-10-12-24(20(28)21-16)13-17(27)25-11-6-2-5-9-15(25)18-22-19(29-23-18)14-7-3-1-4-8-14/h1,3-4,7-8,10,12,15H,2,5-6,9,11,13H2,(H,21,26,28)/t15-/m1/s1. The minimum atomic E-state index is -0.608. The van der Waals surface area contributed by atoms with Gasteiger partial charge in [0.2, 0.25) is 5.91 Å². The number of aromatic nitrogens is 4. The fourth-order valence-corrected chi connectivity index (χ4v) is 3.55. The largest absolute Gasteiger partial charge is 0.334 e. The van der Waals surface area contributed by atoms with Gasteiger partial charge in [0, 0.05) is 24.4 Å². The summed E-state index contributed by atoms with van der Waals surface area (Å²) >= 11 is 0. The number of H-pyrrole nitrogens is 1. The number of nitrogens with one attached hydrogen (secondary N) is 1. The zero-order valence-electron chi connectivity index (χ0n) is 15.8. The zero-order chi connectivity index (χ0) is 20.2. The maximum Gasteiger partial charge on any atom is 0.328 e. The van der Waals surface area contributed by atoms with Gasteiger partial charge < -0.3 is 9.42 Å². The maximum atomic E-state index is 13.0. The molecule has 1 saturated heterocycles. The molecule has 3 heterocycles. The van der Waals surface area contributed by atoms with Crippen LogP contribution in [0.5, 0.6) is 0 Å². The van der Waals surface area contributed by atoms with Crippen LogP contribution in [0.3, 0.4) is 0 Å². The van der Waals surface area contributed by atoms with Gasteiger partial charge >= 0.3 is 5.69 Å². The molecule has 9 nitrogen and oxygen atoms in total. The molecule has 0 radical (unpaired) electrons. The smallest absolute Gasteiger partial charge is 0.328 e. The molecule has 1 aliphatic rings. The zero-order valence-corrected chi connectivity index (χ0v) is 15.8. The van der Waals surface area contributed by atoms with Crippen molar-refractivity contribution < 1.29 is 9.32 Å². The summed E-state index contributed by atoms with van der Waals surface area (Å²) in [5.41, 5.74) is -0.285. The quantitative estimate of drug-likeness (QED) is 0.720. The lowest BCUT2D eigenvalue weighted by Crippen LogP contribution is -2.40. The second kappa shape index (κ2) is 8.26. The first-order valence-electron chi connectivity index (χ1n) is 9.60. The van der Waals surface area contributed by atoms with Crippen LogP contribution in [0.15, 0.2) is 56.7 Å². The number of likely N-dealkylation sites (tertiary alicyclic amines) is 1. The average Bonchev–Trinajstić information content (AvgIpc) is 3.08. The summed E-state index contributed by atoms with van der Waals surface area (Å²) in [6.07, 6.45) is 4.87. The van der Waals surface area contributed by atoms with Gasteiger partial charge in [-0.25, -0.2) is 4.79 Å². The van der Waals surface area contributed by atoms with Crippen molar-refractivity contribution in [1.82, 2.24) is 24.6 Å². The minimum Gasteiger partial charge on any atom is -0.334 e. The summed E-state index contributed by atoms with van der Waals surface area (Å²) < 4.78 is 6.62. The van der Waals surface area contributed by atoms with E-state index in [0.717, 1.165) is 31.2 Å². The third-order valence-corrected chi connectivity index (χ3v) is 5.04. The van der Waals surface area contributed by atoms with E-state index in [0.29, 0.717) is 18.3 Å². The number of rotatable bonds is 4. The van der Waals surface area contributed by atoms with Crippen LogP contribution in [-0.4, -0.2) is 37.0 Å². The monoisotopic (exact) mass is 395 g/mol. The Kier molecular flexibility index (Phi) is 5.37. The molecular weight excluding hydrogens is 374 g/mol. The van der Waals surface area contributed by atoms with Gasteiger partial charge in [-0.05, 0) is 25.0 Å². The molecule has 0 saturated carbocycles. The van der Waals surface area contributed by atoms with Crippen molar-refractivity contribution >= 4 is 5.91 Å². The molecule has 29 heavy (non-hydrogen) atoms. The first kappa shape index (κ1) is 18.9. The topological polar surface area (TPSA) is 114 Å². The van der Waals surface area contributed by atoms with E-state index in [4.69, 9.17) is 4.52 Å². The van der Waals surface area contributed by atoms with Crippen molar-refractivity contribution in [2.75, 3.05) is 6.54 Å². The number of carbonyl (C=O) groups excluding carboxylic acids is 1. The third kappa shape index (κ3) is 4.18. The molecule has 3 aromatic rings. The van der Waals surface area contributed by atoms with Crippen LogP contribution in [0.4, 0.5) is 0 Å². The van der Waals surface area contributed by atoms with E-state index >= 15 is 0 Å². The second-order valence-corrected chi connectivity index (χ2v) is 7.01. The molecule has 0 aliphatic carbocycles. The van der Waals surface area contributed by atoms with Crippen LogP contribution in [0, 0.1) is 0 Å². The SMILES string of the molecule is O=C(Cn1ccc(=O)[nH]c1=O)N1CCCCC[C@@H]1c1noc(-c2ccccc2)n1. The number of benzene rings is 1. The summed E-state index contributed by atoms with van der Waals surface area (Å²) in [6.45, 7) is 0.395. The summed E-state index contributed by atoms with van der Waals surface area (Å²) in [7, 11) is 0. The molecule has 9 heteroatoms. The summed E-state index contributed by atoms with van der Waals surface area (Å²) in [6, 6.07) is 10.4. The Bertz CT molecular complexity index is 1100.